The number of esters is 2. The summed E-state index contributed by atoms with van der Waals surface area (Å²) in [7, 11) is 0. The second-order valence-electron chi connectivity index (χ2n) is 17.3. The predicted molar refractivity (Wildman–Crippen MR) is 218 cm³/mol. The highest BCUT2D eigenvalue weighted by Gasteiger charge is 2.51. The third kappa shape index (κ3) is 19.5. The molecule has 3 atom stereocenters. The maximum absolute atomic E-state index is 14.2. The standard InChI is InChI=1S/C45H73F2NO9/c1-9-11-13-17-20-27-44(54-30-31-55-44)28-21-18-15-14-16-19-22-36(45(52,33-38(46)47)41(51)57-43(6,7)8)39(49)48-37(40(50)56-42(3,4)5)32-34-23-25-35(26-24-34)53-29-12-10-2/h19,22-26,36-38,52H,9-18,20-21,27-33H2,1-8H3,(H,48,49)/t36-,37+,45+/m1/s1. The number of carbonyl (C=O) groups excluding carboxylic acids is 3. The molecule has 1 fully saturated rings. The summed E-state index contributed by atoms with van der Waals surface area (Å²) in [6, 6.07) is 5.77. The first-order valence-electron chi connectivity index (χ1n) is 21.3. The number of nitrogens with one attached hydrogen (secondary N) is 1. The van der Waals surface area contributed by atoms with Gasteiger partial charge in [0.2, 0.25) is 12.3 Å². The van der Waals surface area contributed by atoms with Crippen LogP contribution in [0.3, 0.4) is 0 Å². The van der Waals surface area contributed by atoms with Gasteiger partial charge in [-0.2, -0.15) is 0 Å². The number of benzene rings is 1. The fourth-order valence-electron chi connectivity index (χ4n) is 6.67. The van der Waals surface area contributed by atoms with Gasteiger partial charge in [-0.1, -0.05) is 83.1 Å². The number of rotatable bonds is 27. The van der Waals surface area contributed by atoms with E-state index in [-0.39, 0.29) is 6.42 Å². The lowest BCUT2D eigenvalue weighted by atomic mass is 9.82. The minimum Gasteiger partial charge on any atom is -0.494 e. The quantitative estimate of drug-likeness (QED) is 0.0507. The minimum atomic E-state index is -3.15. The van der Waals surface area contributed by atoms with Crippen LogP contribution >= 0.6 is 0 Å². The van der Waals surface area contributed by atoms with Crippen molar-refractivity contribution >= 4 is 17.8 Å². The molecule has 0 saturated carbocycles. The Balaban J connectivity index is 2.25. The molecule has 1 aromatic rings. The SMILES string of the molecule is CCCCCCCC1(CCCCCCC=C[C@H](C(=O)N[C@@H](Cc2ccc(OCCCC)cc2)C(=O)OC(C)(C)C)[C@@](O)(CC(F)F)C(=O)OC(C)(C)C)OCCO1. The summed E-state index contributed by atoms with van der Waals surface area (Å²) >= 11 is 0. The van der Waals surface area contributed by atoms with Gasteiger partial charge in [-0.15, -0.1) is 0 Å². The van der Waals surface area contributed by atoms with Gasteiger partial charge >= 0.3 is 11.9 Å². The molecule has 2 N–H and O–H groups in total. The smallest absolute Gasteiger partial charge is 0.340 e. The van der Waals surface area contributed by atoms with E-state index in [9.17, 15) is 28.3 Å². The Morgan fingerprint density at radius 1 is 0.825 bits per heavy atom. The zero-order valence-electron chi connectivity index (χ0n) is 36.1. The fourth-order valence-corrected chi connectivity index (χ4v) is 6.67. The van der Waals surface area contributed by atoms with Crippen LogP contribution < -0.4 is 10.1 Å². The van der Waals surface area contributed by atoms with E-state index in [0.29, 0.717) is 37.6 Å². The van der Waals surface area contributed by atoms with Crippen molar-refractivity contribution in [1.29, 1.82) is 0 Å². The lowest BCUT2D eigenvalue weighted by Gasteiger charge is -2.35. The van der Waals surface area contributed by atoms with Crippen molar-refractivity contribution in [2.24, 2.45) is 5.92 Å². The fraction of sp³-hybridized carbons (Fsp3) is 0.756. The van der Waals surface area contributed by atoms with Gasteiger partial charge < -0.3 is 34.1 Å². The van der Waals surface area contributed by atoms with Gasteiger partial charge in [-0.05, 0) is 91.3 Å². The molecule has 0 aromatic heterocycles. The number of carbonyl (C=O) groups is 3. The summed E-state index contributed by atoms with van der Waals surface area (Å²) < 4.78 is 57.2. The number of unbranched alkanes of at least 4 members (excludes halogenated alkanes) is 9. The molecule has 12 heteroatoms. The van der Waals surface area contributed by atoms with E-state index >= 15 is 0 Å². The van der Waals surface area contributed by atoms with Crippen molar-refractivity contribution in [2.75, 3.05) is 19.8 Å². The highest BCUT2D eigenvalue weighted by molar-refractivity contribution is 5.93. The summed E-state index contributed by atoms with van der Waals surface area (Å²) in [4.78, 5) is 41.2. The second kappa shape index (κ2) is 24.7. The Kier molecular flexibility index (Phi) is 21.7. The summed E-state index contributed by atoms with van der Waals surface area (Å²) in [6.45, 7) is 15.7. The van der Waals surface area contributed by atoms with Gasteiger partial charge in [-0.25, -0.2) is 18.4 Å². The number of amides is 1. The first-order chi connectivity index (χ1) is 26.8. The van der Waals surface area contributed by atoms with E-state index in [1.807, 2.05) is 0 Å². The van der Waals surface area contributed by atoms with Crippen LogP contribution in [-0.4, -0.2) is 77.8 Å². The zero-order valence-corrected chi connectivity index (χ0v) is 36.1. The lowest BCUT2D eigenvalue weighted by Crippen LogP contribution is -2.57. The van der Waals surface area contributed by atoms with Gasteiger partial charge in [0.1, 0.15) is 23.0 Å². The monoisotopic (exact) mass is 810 g/mol. The van der Waals surface area contributed by atoms with Crippen molar-refractivity contribution in [3.05, 3.63) is 42.0 Å². The number of halogens is 2. The molecule has 1 aliphatic heterocycles. The van der Waals surface area contributed by atoms with Crippen molar-refractivity contribution in [3.63, 3.8) is 0 Å². The average molecular weight is 810 g/mol. The Morgan fingerprint density at radius 2 is 1.39 bits per heavy atom. The van der Waals surface area contributed by atoms with Crippen LogP contribution in [0.2, 0.25) is 0 Å². The number of hydrogen-bond acceptors (Lipinski definition) is 9. The summed E-state index contributed by atoms with van der Waals surface area (Å²) in [5.74, 6) is -4.78. The molecule has 0 bridgehead atoms. The van der Waals surface area contributed by atoms with Crippen molar-refractivity contribution < 1.29 is 52.0 Å². The highest BCUT2D eigenvalue weighted by Crippen LogP contribution is 2.33. The topological polar surface area (TPSA) is 130 Å². The number of alkyl halides is 2. The number of hydrogen-bond donors (Lipinski definition) is 2. The molecule has 326 valence electrons. The molecule has 0 radical (unpaired) electrons. The Hall–Kier alpha value is -3.09. The number of allylic oxidation sites excluding steroid dienone is 1. The van der Waals surface area contributed by atoms with Crippen LogP contribution in [0.4, 0.5) is 8.78 Å². The third-order valence-corrected chi connectivity index (χ3v) is 9.63. The zero-order chi connectivity index (χ0) is 42.5. The summed E-state index contributed by atoms with van der Waals surface area (Å²) in [5, 5.41) is 14.4. The van der Waals surface area contributed by atoms with Crippen LogP contribution in [0.25, 0.3) is 0 Å². The normalized spacial score (nSPS) is 16.6. The molecule has 1 heterocycles. The number of aliphatic hydroxyl groups is 1. The van der Waals surface area contributed by atoms with Gasteiger partial charge in [-0.3, -0.25) is 4.79 Å². The molecule has 0 unspecified atom stereocenters. The van der Waals surface area contributed by atoms with E-state index in [1.54, 1.807) is 51.1 Å². The van der Waals surface area contributed by atoms with E-state index < -0.39 is 65.2 Å². The first-order valence-corrected chi connectivity index (χ1v) is 21.3. The molecule has 57 heavy (non-hydrogen) atoms. The van der Waals surface area contributed by atoms with E-state index in [2.05, 4.69) is 19.2 Å². The molecule has 2 rings (SSSR count). The largest absolute Gasteiger partial charge is 0.494 e. The second-order valence-corrected chi connectivity index (χ2v) is 17.3. The highest BCUT2D eigenvalue weighted by atomic mass is 19.3. The summed E-state index contributed by atoms with van der Waals surface area (Å²) in [5.41, 5.74) is -4.33. The Morgan fingerprint density at radius 3 is 1.93 bits per heavy atom. The maximum atomic E-state index is 14.2. The molecular weight excluding hydrogens is 736 g/mol. The van der Waals surface area contributed by atoms with Crippen LogP contribution in [0.5, 0.6) is 5.75 Å². The third-order valence-electron chi connectivity index (χ3n) is 9.63. The molecule has 0 spiro atoms. The van der Waals surface area contributed by atoms with Crippen molar-refractivity contribution in [3.8, 4) is 5.75 Å². The van der Waals surface area contributed by atoms with Crippen LogP contribution in [0.1, 0.15) is 157 Å². The van der Waals surface area contributed by atoms with Gasteiger partial charge in [0, 0.05) is 25.7 Å². The van der Waals surface area contributed by atoms with Gasteiger partial charge in [0.15, 0.2) is 11.4 Å². The molecular formula is C45H73F2NO9. The molecule has 1 aliphatic rings. The van der Waals surface area contributed by atoms with Gasteiger partial charge in [0.25, 0.3) is 0 Å². The van der Waals surface area contributed by atoms with E-state index in [1.165, 1.54) is 52.5 Å². The first kappa shape index (κ1) is 50.1. The molecule has 1 aromatic carbocycles. The van der Waals surface area contributed by atoms with Crippen LogP contribution in [0.15, 0.2) is 36.4 Å². The van der Waals surface area contributed by atoms with Gasteiger partial charge in [0.05, 0.1) is 25.7 Å². The summed E-state index contributed by atoms with van der Waals surface area (Å²) in [6.07, 6.45) is 11.7. The van der Waals surface area contributed by atoms with Crippen LogP contribution in [-0.2, 0) is 39.8 Å². The molecule has 10 nitrogen and oxygen atoms in total. The minimum absolute atomic E-state index is 0.0116. The van der Waals surface area contributed by atoms with E-state index in [0.717, 1.165) is 57.8 Å². The Bertz CT molecular complexity index is 1350. The van der Waals surface area contributed by atoms with Crippen molar-refractivity contribution in [2.45, 2.75) is 193 Å². The Labute approximate surface area is 341 Å². The molecule has 1 amide bonds. The average Bonchev–Trinajstić information content (AvgIpc) is 3.58. The maximum Gasteiger partial charge on any atom is 0.340 e. The van der Waals surface area contributed by atoms with E-state index in [4.69, 9.17) is 23.7 Å². The predicted octanol–water partition coefficient (Wildman–Crippen LogP) is 9.58. The lowest BCUT2D eigenvalue weighted by molar-refractivity contribution is -0.188. The van der Waals surface area contributed by atoms with Crippen molar-refractivity contribution in [1.82, 2.24) is 5.32 Å². The molecule has 0 aliphatic carbocycles. The molecule has 1 saturated heterocycles. The van der Waals surface area contributed by atoms with Crippen LogP contribution in [0, 0.1) is 5.92 Å². The number of ether oxygens (including phenoxy) is 5.